The Labute approximate surface area is 132 Å². The lowest BCUT2D eigenvalue weighted by Gasteiger charge is -2.11. The number of nitrogens with zero attached hydrogens (tertiary/aromatic N) is 1. The number of nitrogens with two attached hydrogens (primary N) is 1. The molecule has 1 aromatic heterocycles. The Morgan fingerprint density at radius 2 is 1.90 bits per heavy atom. The first-order valence-electron chi connectivity index (χ1n) is 5.61. The monoisotopic (exact) mass is 404 g/mol. The maximum atomic E-state index is 14.0. The van der Waals surface area contributed by atoms with E-state index < -0.39 is 5.82 Å². The molecule has 0 aliphatic rings. The van der Waals surface area contributed by atoms with Crippen LogP contribution in [0.15, 0.2) is 33.3 Å². The number of hydrogen-bond acceptors (Lipinski definition) is 4. The van der Waals surface area contributed by atoms with Crippen molar-refractivity contribution in [3.63, 3.8) is 0 Å². The topological polar surface area (TPSA) is 57.4 Å². The van der Waals surface area contributed by atoms with Crippen LogP contribution in [0.5, 0.6) is 17.4 Å². The maximum Gasteiger partial charge on any atom is 0.256 e. The second kappa shape index (κ2) is 6.51. The summed E-state index contributed by atoms with van der Waals surface area (Å²) in [6, 6.07) is 4.89. The molecule has 0 aliphatic carbocycles. The molecule has 0 aliphatic heterocycles. The van der Waals surface area contributed by atoms with Crippen molar-refractivity contribution in [3.05, 3.63) is 44.7 Å². The molecule has 2 N–H and O–H groups in total. The predicted molar refractivity (Wildman–Crippen MR) is 80.6 cm³/mol. The average Bonchev–Trinajstić information content (AvgIpc) is 2.44. The van der Waals surface area contributed by atoms with Crippen molar-refractivity contribution in [2.24, 2.45) is 5.73 Å². The fourth-order valence-electron chi connectivity index (χ4n) is 1.54. The van der Waals surface area contributed by atoms with Crippen molar-refractivity contribution in [3.8, 4) is 17.4 Å². The lowest BCUT2D eigenvalue weighted by atomic mass is 10.2. The molecule has 20 heavy (non-hydrogen) atoms. The van der Waals surface area contributed by atoms with E-state index in [1.165, 1.54) is 12.3 Å². The van der Waals surface area contributed by atoms with Gasteiger partial charge in [0.05, 0.1) is 16.1 Å². The Morgan fingerprint density at radius 3 is 2.55 bits per heavy atom. The van der Waals surface area contributed by atoms with E-state index >= 15 is 0 Å². The Morgan fingerprint density at radius 1 is 1.25 bits per heavy atom. The number of rotatable bonds is 4. The molecule has 2 rings (SSSR count). The molecule has 7 heteroatoms. The molecule has 0 bridgehead atoms. The molecule has 0 amide bonds. The van der Waals surface area contributed by atoms with Gasteiger partial charge in [0, 0.05) is 18.3 Å². The molecule has 0 spiro atoms. The van der Waals surface area contributed by atoms with Gasteiger partial charge < -0.3 is 15.2 Å². The molecule has 1 heterocycles. The fraction of sp³-hybridized carbons (Fsp3) is 0.154. The van der Waals surface area contributed by atoms with Crippen LogP contribution in [0, 0.1) is 5.82 Å². The zero-order chi connectivity index (χ0) is 14.7. The number of hydrogen-bond donors (Lipinski definition) is 1. The standard InChI is InChI=1S/C13H11Br2FN2O2/c1-19-10-4-9(15)11(5-8(10)14)20-13-12(16)7(6-17)2-3-18-13/h2-5H,6,17H2,1H3. The number of aromatic nitrogens is 1. The van der Waals surface area contributed by atoms with Gasteiger partial charge in [-0.1, -0.05) is 0 Å². The first-order chi connectivity index (χ1) is 9.56. The molecule has 0 unspecified atom stereocenters. The second-order valence-corrected chi connectivity index (χ2v) is 5.52. The van der Waals surface area contributed by atoms with Crippen molar-refractivity contribution in [2.45, 2.75) is 6.54 Å². The Balaban J connectivity index is 2.38. The van der Waals surface area contributed by atoms with Crippen LogP contribution >= 0.6 is 31.9 Å². The number of halogens is 3. The van der Waals surface area contributed by atoms with Crippen LogP contribution in [-0.2, 0) is 6.54 Å². The molecular weight excluding hydrogens is 395 g/mol. The van der Waals surface area contributed by atoms with Crippen molar-refractivity contribution >= 4 is 31.9 Å². The third-order valence-corrected chi connectivity index (χ3v) is 3.81. The minimum Gasteiger partial charge on any atom is -0.496 e. The Bertz CT molecular complexity index is 638. The highest BCUT2D eigenvalue weighted by Crippen LogP contribution is 2.38. The molecular formula is C13H11Br2FN2O2. The van der Waals surface area contributed by atoms with Crippen LogP contribution in [0.1, 0.15) is 5.56 Å². The maximum absolute atomic E-state index is 14.0. The van der Waals surface area contributed by atoms with E-state index in [0.29, 0.717) is 26.0 Å². The van der Waals surface area contributed by atoms with E-state index in [1.54, 1.807) is 19.2 Å². The zero-order valence-corrected chi connectivity index (χ0v) is 13.7. The highest BCUT2D eigenvalue weighted by Gasteiger charge is 2.14. The first-order valence-corrected chi connectivity index (χ1v) is 7.19. The van der Waals surface area contributed by atoms with Crippen LogP contribution in [0.4, 0.5) is 4.39 Å². The van der Waals surface area contributed by atoms with E-state index in [9.17, 15) is 4.39 Å². The van der Waals surface area contributed by atoms with Crippen molar-refractivity contribution in [1.29, 1.82) is 0 Å². The SMILES string of the molecule is COc1cc(Br)c(Oc2nccc(CN)c2F)cc1Br. The van der Waals surface area contributed by atoms with Crippen LogP contribution in [-0.4, -0.2) is 12.1 Å². The first kappa shape index (κ1) is 15.2. The third kappa shape index (κ3) is 3.11. The smallest absolute Gasteiger partial charge is 0.256 e. The quantitative estimate of drug-likeness (QED) is 0.834. The normalized spacial score (nSPS) is 10.4. The summed E-state index contributed by atoms with van der Waals surface area (Å²) in [5, 5.41) is 0. The van der Waals surface area contributed by atoms with Crippen LogP contribution in [0.25, 0.3) is 0 Å². The average molecular weight is 406 g/mol. The van der Waals surface area contributed by atoms with Gasteiger partial charge in [0.2, 0.25) is 0 Å². The van der Waals surface area contributed by atoms with E-state index in [-0.39, 0.29) is 12.4 Å². The van der Waals surface area contributed by atoms with Crippen LogP contribution < -0.4 is 15.2 Å². The van der Waals surface area contributed by atoms with Gasteiger partial charge in [-0.3, -0.25) is 0 Å². The van der Waals surface area contributed by atoms with Crippen molar-refractivity contribution in [2.75, 3.05) is 7.11 Å². The predicted octanol–water partition coefficient (Wildman–Crippen LogP) is 4.01. The van der Waals surface area contributed by atoms with Gasteiger partial charge in [0.1, 0.15) is 11.5 Å². The minimum atomic E-state index is -0.561. The third-order valence-electron chi connectivity index (χ3n) is 2.57. The van der Waals surface area contributed by atoms with Crippen LogP contribution in [0.2, 0.25) is 0 Å². The Kier molecular flexibility index (Phi) is 4.95. The van der Waals surface area contributed by atoms with Gasteiger partial charge >= 0.3 is 0 Å². The highest BCUT2D eigenvalue weighted by atomic mass is 79.9. The van der Waals surface area contributed by atoms with Gasteiger partial charge in [-0.2, -0.15) is 0 Å². The van der Waals surface area contributed by atoms with Crippen LogP contribution in [0.3, 0.4) is 0 Å². The van der Waals surface area contributed by atoms with E-state index in [0.717, 1.165) is 0 Å². The number of benzene rings is 1. The summed E-state index contributed by atoms with van der Waals surface area (Å²) in [6.45, 7) is 0.0815. The summed E-state index contributed by atoms with van der Waals surface area (Å²) in [5.74, 6) is 0.367. The number of ether oxygens (including phenoxy) is 2. The Hall–Kier alpha value is -1.18. The van der Waals surface area contributed by atoms with Gasteiger partial charge in [0.25, 0.3) is 5.88 Å². The van der Waals surface area contributed by atoms with E-state index in [4.69, 9.17) is 15.2 Å². The van der Waals surface area contributed by atoms with Gasteiger partial charge in [0.15, 0.2) is 5.82 Å². The number of methoxy groups -OCH3 is 1. The highest BCUT2D eigenvalue weighted by molar-refractivity contribution is 9.11. The van der Waals surface area contributed by atoms with Gasteiger partial charge in [-0.05, 0) is 50.1 Å². The largest absolute Gasteiger partial charge is 0.496 e. The van der Waals surface area contributed by atoms with E-state index in [1.807, 2.05) is 0 Å². The second-order valence-electron chi connectivity index (χ2n) is 3.81. The lowest BCUT2D eigenvalue weighted by Crippen LogP contribution is -2.03. The summed E-state index contributed by atoms with van der Waals surface area (Å²) in [4.78, 5) is 3.88. The lowest BCUT2D eigenvalue weighted by molar-refractivity contribution is 0.402. The molecule has 0 saturated carbocycles. The summed E-state index contributed by atoms with van der Waals surface area (Å²) < 4.78 is 26.0. The molecule has 2 aromatic rings. The zero-order valence-electron chi connectivity index (χ0n) is 10.5. The molecule has 1 aromatic carbocycles. The molecule has 0 radical (unpaired) electrons. The van der Waals surface area contributed by atoms with Crippen molar-refractivity contribution < 1.29 is 13.9 Å². The molecule has 4 nitrogen and oxygen atoms in total. The molecule has 0 saturated heterocycles. The summed E-state index contributed by atoms with van der Waals surface area (Å²) >= 11 is 6.68. The molecule has 0 atom stereocenters. The van der Waals surface area contributed by atoms with Crippen molar-refractivity contribution in [1.82, 2.24) is 4.98 Å². The minimum absolute atomic E-state index is 0.0815. The summed E-state index contributed by atoms with van der Waals surface area (Å²) in [7, 11) is 1.55. The molecule has 0 fully saturated rings. The summed E-state index contributed by atoms with van der Waals surface area (Å²) in [5.41, 5.74) is 5.79. The molecule has 106 valence electrons. The summed E-state index contributed by atoms with van der Waals surface area (Å²) in [6.07, 6.45) is 1.45. The van der Waals surface area contributed by atoms with Gasteiger partial charge in [-0.15, -0.1) is 0 Å². The van der Waals surface area contributed by atoms with E-state index in [2.05, 4.69) is 36.8 Å². The van der Waals surface area contributed by atoms with Gasteiger partial charge in [-0.25, -0.2) is 9.37 Å². The fourth-order valence-corrected chi connectivity index (χ4v) is 2.43. The number of pyridine rings is 1.